The number of hydrogen-bond acceptors (Lipinski definition) is 6. The maximum Gasteiger partial charge on any atom is 0.261 e. The summed E-state index contributed by atoms with van der Waals surface area (Å²) in [5.74, 6) is 0.0272. The predicted octanol–water partition coefficient (Wildman–Crippen LogP) is 12.8. The Kier molecular flexibility index (Phi) is 13.5. The summed E-state index contributed by atoms with van der Waals surface area (Å²) < 4.78 is 13.5. The Labute approximate surface area is 343 Å². The highest BCUT2D eigenvalue weighted by Crippen LogP contribution is 2.52. The lowest BCUT2D eigenvalue weighted by atomic mass is 9.81. The number of benzene rings is 5. The van der Waals surface area contributed by atoms with Gasteiger partial charge < -0.3 is 9.47 Å². The van der Waals surface area contributed by atoms with Crippen LogP contribution < -0.4 is 9.47 Å². The van der Waals surface area contributed by atoms with Gasteiger partial charge in [0.25, 0.3) is 23.6 Å². The number of fused-ring (bicyclic) bond motifs is 2. The summed E-state index contributed by atoms with van der Waals surface area (Å²) in [5.41, 5.74) is 1.96. The second-order valence-electron chi connectivity index (χ2n) is 16.6. The molecule has 2 heterocycles. The summed E-state index contributed by atoms with van der Waals surface area (Å²) in [6.07, 6.45) is 18.7. The molecule has 0 radical (unpaired) electrons. The lowest BCUT2D eigenvalue weighted by molar-refractivity contribution is 0.0592. The molecule has 5 aromatic carbocycles. The minimum Gasteiger partial charge on any atom is -0.493 e. The molecule has 0 saturated heterocycles. The van der Waals surface area contributed by atoms with Crippen LogP contribution in [0, 0.1) is 0 Å². The van der Waals surface area contributed by atoms with Crippen LogP contribution >= 0.6 is 0 Å². The number of carbonyl (C=O) groups excluding carboxylic acids is 4. The average molecular weight is 787 g/mol. The van der Waals surface area contributed by atoms with Crippen molar-refractivity contribution in [2.75, 3.05) is 26.3 Å². The number of amides is 4. The van der Waals surface area contributed by atoms with Crippen LogP contribution in [0.15, 0.2) is 36.4 Å². The maximum atomic E-state index is 14.4. The average Bonchev–Trinajstić information content (AvgIpc) is 3.23. The quantitative estimate of drug-likeness (QED) is 0.0268. The summed E-state index contributed by atoms with van der Waals surface area (Å²) in [6, 6.07) is 11.4. The normalized spacial score (nSPS) is 14.1. The van der Waals surface area contributed by atoms with E-state index in [2.05, 4.69) is 27.7 Å². The summed E-state index contributed by atoms with van der Waals surface area (Å²) >= 11 is 0. The van der Waals surface area contributed by atoms with E-state index in [0.717, 1.165) is 109 Å². The van der Waals surface area contributed by atoms with Crippen LogP contribution in [0.5, 0.6) is 11.5 Å². The molecule has 0 fully saturated rings. The number of hydrogen-bond donors (Lipinski definition) is 0. The number of ether oxygens (including phenoxy) is 2. The van der Waals surface area contributed by atoms with Crippen molar-refractivity contribution in [3.05, 3.63) is 58.7 Å². The van der Waals surface area contributed by atoms with E-state index in [9.17, 15) is 19.2 Å². The van der Waals surface area contributed by atoms with Crippen molar-refractivity contribution in [3.8, 4) is 11.5 Å². The van der Waals surface area contributed by atoms with Gasteiger partial charge in [0.15, 0.2) is 0 Å². The smallest absolute Gasteiger partial charge is 0.261 e. The van der Waals surface area contributed by atoms with Crippen LogP contribution in [0.1, 0.15) is 185 Å². The molecule has 0 spiro atoms. The van der Waals surface area contributed by atoms with E-state index in [0.29, 0.717) is 70.8 Å². The molecular formula is C50H62N2O6. The van der Waals surface area contributed by atoms with Gasteiger partial charge in [0.2, 0.25) is 0 Å². The molecule has 2 aliphatic rings. The van der Waals surface area contributed by atoms with Crippen molar-refractivity contribution in [1.82, 2.24) is 9.80 Å². The molecule has 2 aliphatic heterocycles. The van der Waals surface area contributed by atoms with Gasteiger partial charge in [-0.05, 0) is 60.7 Å². The fraction of sp³-hybridized carbons (Fsp3) is 0.520. The molecule has 0 aliphatic carbocycles. The highest BCUT2D eigenvalue weighted by molar-refractivity contribution is 6.43. The van der Waals surface area contributed by atoms with E-state index in [4.69, 9.17) is 9.47 Å². The second-order valence-corrected chi connectivity index (χ2v) is 16.6. The van der Waals surface area contributed by atoms with Crippen molar-refractivity contribution < 1.29 is 28.7 Å². The molecule has 5 aromatic rings. The van der Waals surface area contributed by atoms with Crippen LogP contribution in [0.25, 0.3) is 43.1 Å². The molecule has 0 unspecified atom stereocenters. The SMILES string of the molecule is CCCCCCCCOc1cc2c3c(ccc4c5c(OCCCCCCCC)cc6c7c(ccc(c1c34)c75)C(=O)N(CCCCC)C6=O)C(=O)N(CCCCC)C2=O. The zero-order valence-electron chi connectivity index (χ0n) is 35.4. The van der Waals surface area contributed by atoms with Gasteiger partial charge in [-0.3, -0.25) is 29.0 Å². The molecule has 8 heteroatoms. The fourth-order valence-electron chi connectivity index (χ4n) is 9.30. The molecule has 0 N–H and O–H groups in total. The number of carbonyl (C=O) groups is 4. The topological polar surface area (TPSA) is 93.2 Å². The Morgan fingerprint density at radius 3 is 1.12 bits per heavy atom. The molecule has 7 rings (SSSR count). The molecular weight excluding hydrogens is 725 g/mol. The van der Waals surface area contributed by atoms with Crippen LogP contribution in [0.3, 0.4) is 0 Å². The number of rotatable bonds is 24. The lowest BCUT2D eigenvalue weighted by Crippen LogP contribution is -2.41. The van der Waals surface area contributed by atoms with Gasteiger partial charge in [-0.15, -0.1) is 0 Å². The lowest BCUT2D eigenvalue weighted by Gasteiger charge is -2.31. The monoisotopic (exact) mass is 786 g/mol. The summed E-state index contributed by atoms with van der Waals surface area (Å²) in [7, 11) is 0. The first kappa shape index (κ1) is 41.4. The van der Waals surface area contributed by atoms with Gasteiger partial charge in [-0.25, -0.2) is 0 Å². The van der Waals surface area contributed by atoms with Gasteiger partial charge >= 0.3 is 0 Å². The van der Waals surface area contributed by atoms with Crippen molar-refractivity contribution in [3.63, 3.8) is 0 Å². The maximum absolute atomic E-state index is 14.4. The first-order valence-electron chi connectivity index (χ1n) is 22.6. The van der Waals surface area contributed by atoms with E-state index in [1.54, 1.807) is 0 Å². The Hall–Kier alpha value is -4.72. The van der Waals surface area contributed by atoms with Gasteiger partial charge in [-0.1, -0.05) is 130 Å². The highest BCUT2D eigenvalue weighted by atomic mass is 16.5. The van der Waals surface area contributed by atoms with Crippen molar-refractivity contribution in [2.45, 2.75) is 143 Å². The Bertz CT molecular complexity index is 2150. The molecule has 0 bridgehead atoms. The van der Waals surface area contributed by atoms with Crippen molar-refractivity contribution >= 4 is 66.7 Å². The summed E-state index contributed by atoms with van der Waals surface area (Å²) in [6.45, 7) is 10.4. The first-order chi connectivity index (χ1) is 28.4. The van der Waals surface area contributed by atoms with Crippen molar-refractivity contribution in [1.29, 1.82) is 0 Å². The first-order valence-corrected chi connectivity index (χ1v) is 22.6. The van der Waals surface area contributed by atoms with E-state index in [1.807, 2.05) is 36.4 Å². The zero-order valence-corrected chi connectivity index (χ0v) is 35.4. The van der Waals surface area contributed by atoms with Crippen LogP contribution in [-0.2, 0) is 0 Å². The molecule has 8 nitrogen and oxygen atoms in total. The minimum atomic E-state index is -0.295. The number of imide groups is 2. The highest BCUT2D eigenvalue weighted by Gasteiger charge is 2.38. The number of nitrogens with zero attached hydrogens (tertiary/aromatic N) is 2. The van der Waals surface area contributed by atoms with E-state index in [1.165, 1.54) is 48.3 Å². The Morgan fingerprint density at radius 1 is 0.379 bits per heavy atom. The van der Waals surface area contributed by atoms with E-state index >= 15 is 0 Å². The standard InChI is InChI=1S/C50H62N2O6/c1-5-9-13-15-17-21-29-57-39-31-37-41-35(47(53)51(49(37)55)27-19-11-7-3)26-24-34-44-40(58-30-22-18-16-14-10-6-2)32-38-42-36(25-23-33(46(42)44)43(39)45(34)41)48(54)52(50(38)56)28-20-12-8-4/h23-26,31-32H,5-22,27-30H2,1-4H3. The van der Waals surface area contributed by atoms with Gasteiger partial charge in [0.1, 0.15) is 11.5 Å². The third-order valence-corrected chi connectivity index (χ3v) is 12.4. The van der Waals surface area contributed by atoms with Crippen molar-refractivity contribution in [2.24, 2.45) is 0 Å². The Morgan fingerprint density at radius 2 is 0.724 bits per heavy atom. The van der Waals surface area contributed by atoms with Crippen LogP contribution in [0.2, 0.25) is 0 Å². The summed E-state index contributed by atoms with van der Waals surface area (Å²) in [5, 5.41) is 6.08. The van der Waals surface area contributed by atoms with E-state index < -0.39 is 0 Å². The second kappa shape index (κ2) is 18.9. The van der Waals surface area contributed by atoms with Crippen LogP contribution in [-0.4, -0.2) is 59.7 Å². The van der Waals surface area contributed by atoms with E-state index in [-0.39, 0.29) is 23.6 Å². The molecule has 308 valence electrons. The number of unbranched alkanes of at least 4 members (excludes halogenated alkanes) is 14. The fourth-order valence-corrected chi connectivity index (χ4v) is 9.30. The van der Waals surface area contributed by atoms with Gasteiger partial charge in [-0.2, -0.15) is 0 Å². The van der Waals surface area contributed by atoms with Crippen LogP contribution in [0.4, 0.5) is 0 Å². The predicted molar refractivity (Wildman–Crippen MR) is 235 cm³/mol. The molecule has 0 saturated carbocycles. The largest absolute Gasteiger partial charge is 0.493 e. The molecule has 4 amide bonds. The summed E-state index contributed by atoms with van der Waals surface area (Å²) in [4.78, 5) is 60.1. The molecule has 0 aromatic heterocycles. The minimum absolute atomic E-state index is 0.276. The molecule has 58 heavy (non-hydrogen) atoms. The van der Waals surface area contributed by atoms with Gasteiger partial charge in [0, 0.05) is 56.5 Å². The third-order valence-electron chi connectivity index (χ3n) is 12.4. The third kappa shape index (κ3) is 7.76. The Balaban J connectivity index is 1.45. The zero-order chi connectivity index (χ0) is 40.8. The van der Waals surface area contributed by atoms with Gasteiger partial charge in [0.05, 0.1) is 24.3 Å². The molecule has 0 atom stereocenters.